The predicted octanol–water partition coefficient (Wildman–Crippen LogP) is 2.98. The van der Waals surface area contributed by atoms with Gasteiger partial charge in [0.2, 0.25) is 0 Å². The summed E-state index contributed by atoms with van der Waals surface area (Å²) in [7, 11) is 0. The van der Waals surface area contributed by atoms with Crippen molar-refractivity contribution in [3.05, 3.63) is 0 Å². The first kappa shape index (κ1) is 11.2. The van der Waals surface area contributed by atoms with Crippen LogP contribution in [0.25, 0.3) is 0 Å². The minimum atomic E-state index is -0.850. The molecule has 0 fully saturated rings. The van der Waals surface area contributed by atoms with Crippen LogP contribution in [0.5, 0.6) is 0 Å². The molecule has 11 heavy (non-hydrogen) atoms. The van der Waals surface area contributed by atoms with Gasteiger partial charge < -0.3 is 4.79 Å². The Balaban J connectivity index is 4.11. The molecule has 0 saturated carbocycles. The summed E-state index contributed by atoms with van der Waals surface area (Å²) in [5, 5.41) is -0.239. The Morgan fingerprint density at radius 1 is 1.55 bits per heavy atom. The second-order valence-electron chi connectivity index (χ2n) is 2.65. The fourth-order valence-electron chi connectivity index (χ4n) is 0.872. The van der Waals surface area contributed by atoms with Gasteiger partial charge in [-0.05, 0) is 12.8 Å². The Kier molecular flexibility index (Phi) is 5.11. The zero-order chi connectivity index (χ0) is 8.91. The molecule has 0 aromatic rings. The average molecular weight is 197 g/mol. The molecule has 0 spiro atoms. The Labute approximate surface area is 78.1 Å². The molecule has 3 heteroatoms. The van der Waals surface area contributed by atoms with Crippen LogP contribution >= 0.6 is 23.2 Å². The Morgan fingerprint density at radius 2 is 2.09 bits per heavy atom. The van der Waals surface area contributed by atoms with Gasteiger partial charge in [0.1, 0.15) is 11.2 Å². The van der Waals surface area contributed by atoms with Crippen LogP contribution in [0.2, 0.25) is 0 Å². The maximum absolute atomic E-state index is 10.6. The second kappa shape index (κ2) is 5.00. The number of rotatable bonds is 5. The lowest BCUT2D eigenvalue weighted by molar-refractivity contribution is -0.110. The van der Waals surface area contributed by atoms with Crippen molar-refractivity contribution in [2.75, 3.05) is 0 Å². The first-order chi connectivity index (χ1) is 5.10. The Bertz CT molecular complexity index is 127. The fourth-order valence-corrected chi connectivity index (χ4v) is 1.41. The average Bonchev–Trinajstić information content (AvgIpc) is 2.03. The van der Waals surface area contributed by atoms with Crippen molar-refractivity contribution in [2.24, 2.45) is 0 Å². The van der Waals surface area contributed by atoms with E-state index in [1.54, 1.807) is 0 Å². The van der Waals surface area contributed by atoms with E-state index in [0.717, 1.165) is 19.1 Å². The smallest absolute Gasteiger partial charge is 0.142 e. The van der Waals surface area contributed by atoms with E-state index in [0.29, 0.717) is 6.42 Å². The molecule has 0 heterocycles. The zero-order valence-electron chi connectivity index (χ0n) is 6.94. The molecule has 0 bridgehead atoms. The number of carbonyl (C=O) groups is 1. The summed E-state index contributed by atoms with van der Waals surface area (Å²) in [4.78, 5) is 9.71. The first-order valence-electron chi connectivity index (χ1n) is 3.90. The summed E-state index contributed by atoms with van der Waals surface area (Å²) in [6.07, 6.45) is 3.09. The van der Waals surface area contributed by atoms with E-state index in [9.17, 15) is 4.79 Å². The SMILES string of the molecule is CCCC(Cl)C(Cl)(C=O)CC. The highest BCUT2D eigenvalue weighted by Crippen LogP contribution is 2.28. The number of aldehydes is 1. The molecular weight excluding hydrogens is 183 g/mol. The van der Waals surface area contributed by atoms with Crippen molar-refractivity contribution >= 4 is 29.5 Å². The topological polar surface area (TPSA) is 17.1 Å². The van der Waals surface area contributed by atoms with Gasteiger partial charge in [-0.15, -0.1) is 23.2 Å². The van der Waals surface area contributed by atoms with E-state index in [-0.39, 0.29) is 5.38 Å². The van der Waals surface area contributed by atoms with Crippen molar-refractivity contribution in [2.45, 2.75) is 43.4 Å². The Hall–Kier alpha value is 0.250. The molecule has 0 amide bonds. The number of hydrogen-bond donors (Lipinski definition) is 0. The first-order valence-corrected chi connectivity index (χ1v) is 4.71. The van der Waals surface area contributed by atoms with E-state index in [2.05, 4.69) is 0 Å². The highest BCUT2D eigenvalue weighted by molar-refractivity contribution is 6.38. The molecule has 2 unspecified atom stereocenters. The van der Waals surface area contributed by atoms with Gasteiger partial charge in [0.15, 0.2) is 0 Å². The molecule has 0 aliphatic heterocycles. The molecule has 0 N–H and O–H groups in total. The molecule has 0 aromatic carbocycles. The maximum atomic E-state index is 10.6. The van der Waals surface area contributed by atoms with Crippen molar-refractivity contribution in [3.8, 4) is 0 Å². The highest BCUT2D eigenvalue weighted by atomic mass is 35.5. The molecule has 1 nitrogen and oxygen atoms in total. The minimum absolute atomic E-state index is 0.239. The van der Waals surface area contributed by atoms with E-state index in [1.165, 1.54) is 0 Å². The predicted molar refractivity (Wildman–Crippen MR) is 49.5 cm³/mol. The third kappa shape index (κ3) is 3.00. The van der Waals surface area contributed by atoms with Crippen molar-refractivity contribution < 1.29 is 4.79 Å². The number of carbonyl (C=O) groups excluding carboxylic acids is 1. The lowest BCUT2D eigenvalue weighted by Gasteiger charge is -2.23. The van der Waals surface area contributed by atoms with Gasteiger partial charge in [-0.25, -0.2) is 0 Å². The lowest BCUT2D eigenvalue weighted by Crippen LogP contribution is -2.33. The molecule has 2 atom stereocenters. The van der Waals surface area contributed by atoms with Gasteiger partial charge in [0.25, 0.3) is 0 Å². The summed E-state index contributed by atoms with van der Waals surface area (Å²) in [6, 6.07) is 0. The largest absolute Gasteiger partial charge is 0.301 e. The van der Waals surface area contributed by atoms with Crippen LogP contribution in [0, 0.1) is 0 Å². The minimum Gasteiger partial charge on any atom is -0.301 e. The normalized spacial score (nSPS) is 18.9. The monoisotopic (exact) mass is 196 g/mol. The van der Waals surface area contributed by atoms with Crippen LogP contribution in [0.3, 0.4) is 0 Å². The van der Waals surface area contributed by atoms with E-state index < -0.39 is 4.87 Å². The highest BCUT2D eigenvalue weighted by Gasteiger charge is 2.32. The molecule has 0 radical (unpaired) electrons. The third-order valence-electron chi connectivity index (χ3n) is 1.80. The number of alkyl halides is 2. The molecule has 0 aliphatic rings. The van der Waals surface area contributed by atoms with Crippen LogP contribution in [-0.4, -0.2) is 16.5 Å². The van der Waals surface area contributed by atoms with Crippen LogP contribution in [-0.2, 0) is 4.79 Å². The van der Waals surface area contributed by atoms with Crippen molar-refractivity contribution in [1.82, 2.24) is 0 Å². The van der Waals surface area contributed by atoms with Crippen molar-refractivity contribution in [1.29, 1.82) is 0 Å². The van der Waals surface area contributed by atoms with Crippen molar-refractivity contribution in [3.63, 3.8) is 0 Å². The summed E-state index contributed by atoms with van der Waals surface area (Å²) in [6.45, 7) is 3.89. The van der Waals surface area contributed by atoms with E-state index >= 15 is 0 Å². The quantitative estimate of drug-likeness (QED) is 0.489. The van der Waals surface area contributed by atoms with Gasteiger partial charge in [0, 0.05) is 0 Å². The maximum Gasteiger partial charge on any atom is 0.142 e. The van der Waals surface area contributed by atoms with Crippen LogP contribution in [0.15, 0.2) is 0 Å². The molecule has 0 aliphatic carbocycles. The zero-order valence-corrected chi connectivity index (χ0v) is 8.45. The summed E-state index contributed by atoms with van der Waals surface area (Å²) in [5.41, 5.74) is 0. The summed E-state index contributed by atoms with van der Waals surface area (Å²) >= 11 is 11.9. The fraction of sp³-hybridized carbons (Fsp3) is 0.875. The van der Waals surface area contributed by atoms with Gasteiger partial charge in [-0.2, -0.15) is 0 Å². The van der Waals surface area contributed by atoms with Gasteiger partial charge in [-0.1, -0.05) is 20.3 Å². The third-order valence-corrected chi connectivity index (χ3v) is 3.14. The molecule has 66 valence electrons. The van der Waals surface area contributed by atoms with Crippen LogP contribution in [0.4, 0.5) is 0 Å². The molecule has 0 saturated heterocycles. The number of halogens is 2. The van der Waals surface area contributed by atoms with Crippen LogP contribution < -0.4 is 0 Å². The molecular formula is C8H14Cl2O. The van der Waals surface area contributed by atoms with E-state index in [1.807, 2.05) is 13.8 Å². The number of hydrogen-bond acceptors (Lipinski definition) is 1. The van der Waals surface area contributed by atoms with Gasteiger partial charge in [-0.3, -0.25) is 0 Å². The van der Waals surface area contributed by atoms with Gasteiger partial charge >= 0.3 is 0 Å². The standard InChI is InChI=1S/C8H14Cl2O/c1-3-5-7(9)8(10,4-2)6-11/h6-7H,3-5H2,1-2H3. The lowest BCUT2D eigenvalue weighted by atomic mass is 9.99. The summed E-state index contributed by atoms with van der Waals surface area (Å²) in [5.74, 6) is 0. The second-order valence-corrected chi connectivity index (χ2v) is 3.88. The molecule has 0 rings (SSSR count). The van der Waals surface area contributed by atoms with Crippen LogP contribution in [0.1, 0.15) is 33.1 Å². The van der Waals surface area contributed by atoms with Gasteiger partial charge in [0.05, 0.1) is 5.38 Å². The van der Waals surface area contributed by atoms with E-state index in [4.69, 9.17) is 23.2 Å². The Morgan fingerprint density at radius 3 is 2.36 bits per heavy atom. The molecule has 0 aromatic heterocycles. The summed E-state index contributed by atoms with van der Waals surface area (Å²) < 4.78 is 0.